The first-order valence-electron chi connectivity index (χ1n) is 3.22. The van der Waals surface area contributed by atoms with E-state index >= 15 is 0 Å². The second kappa shape index (κ2) is 2.27. The van der Waals surface area contributed by atoms with Gasteiger partial charge < -0.3 is 0 Å². The van der Waals surface area contributed by atoms with Gasteiger partial charge in [0.05, 0.1) is 6.20 Å². The van der Waals surface area contributed by atoms with E-state index in [2.05, 4.69) is 9.97 Å². The molecule has 0 aromatic carbocycles. The summed E-state index contributed by atoms with van der Waals surface area (Å²) in [5, 5.41) is 0.729. The normalized spacial score (nSPS) is 10.3. The van der Waals surface area contributed by atoms with E-state index in [4.69, 9.17) is 0 Å². The number of hydrogen-bond acceptors (Lipinski definition) is 2. The van der Waals surface area contributed by atoms with Crippen LogP contribution in [0.5, 0.6) is 0 Å². The van der Waals surface area contributed by atoms with Gasteiger partial charge in [-0.25, -0.2) is 4.39 Å². The molecule has 0 bridgehead atoms. The fourth-order valence-electron chi connectivity index (χ4n) is 0.966. The van der Waals surface area contributed by atoms with Crippen LogP contribution in [-0.2, 0) is 0 Å². The molecule has 0 aliphatic rings. The Hall–Kier alpha value is -1.51. The van der Waals surface area contributed by atoms with E-state index in [-0.39, 0.29) is 5.82 Å². The van der Waals surface area contributed by atoms with Crippen LogP contribution in [0.1, 0.15) is 0 Å². The van der Waals surface area contributed by atoms with Gasteiger partial charge in [0.25, 0.3) is 0 Å². The molecule has 0 fully saturated rings. The molecule has 0 unspecified atom stereocenters. The zero-order valence-electron chi connectivity index (χ0n) is 5.66. The van der Waals surface area contributed by atoms with Crippen LogP contribution in [0, 0.1) is 5.82 Å². The summed E-state index contributed by atoms with van der Waals surface area (Å²) in [5.41, 5.74) is 0.377. The van der Waals surface area contributed by atoms with Crippen LogP contribution in [0.15, 0.2) is 30.7 Å². The molecule has 0 N–H and O–H groups in total. The molecule has 2 rings (SSSR count). The molecule has 0 aliphatic carbocycles. The van der Waals surface area contributed by atoms with Gasteiger partial charge in [-0.05, 0) is 12.1 Å². The molecule has 0 aliphatic heterocycles. The number of nitrogens with zero attached hydrogens (tertiary/aromatic N) is 2. The predicted octanol–water partition coefficient (Wildman–Crippen LogP) is 1.77. The Morgan fingerprint density at radius 3 is 3.00 bits per heavy atom. The molecular formula is C8H5FN2. The Labute approximate surface area is 62.7 Å². The van der Waals surface area contributed by atoms with Crippen molar-refractivity contribution in [1.82, 2.24) is 9.97 Å². The molecule has 2 aromatic heterocycles. The van der Waals surface area contributed by atoms with Crippen molar-refractivity contribution < 1.29 is 4.39 Å². The number of fused-ring (bicyclic) bond motifs is 1. The summed E-state index contributed by atoms with van der Waals surface area (Å²) in [6.07, 6.45) is 4.31. The summed E-state index contributed by atoms with van der Waals surface area (Å²) < 4.78 is 12.9. The van der Waals surface area contributed by atoms with Crippen molar-refractivity contribution in [3.05, 3.63) is 36.5 Å². The Bertz CT molecular complexity index is 381. The van der Waals surface area contributed by atoms with Gasteiger partial charge in [-0.1, -0.05) is 0 Å². The Kier molecular flexibility index (Phi) is 1.28. The molecule has 0 spiro atoms. The Balaban J connectivity index is 2.91. The van der Waals surface area contributed by atoms with Crippen LogP contribution in [0.2, 0.25) is 0 Å². The quantitative estimate of drug-likeness (QED) is 0.569. The van der Waals surface area contributed by atoms with Gasteiger partial charge in [0.1, 0.15) is 5.52 Å². The van der Waals surface area contributed by atoms with E-state index in [9.17, 15) is 4.39 Å². The third-order valence-electron chi connectivity index (χ3n) is 1.47. The monoisotopic (exact) mass is 148 g/mol. The third kappa shape index (κ3) is 0.941. The first-order chi connectivity index (χ1) is 5.38. The van der Waals surface area contributed by atoms with Gasteiger partial charge in [0, 0.05) is 17.8 Å². The molecule has 0 radical (unpaired) electrons. The van der Waals surface area contributed by atoms with Gasteiger partial charge in [-0.2, -0.15) is 0 Å². The lowest BCUT2D eigenvalue weighted by Crippen LogP contribution is -1.84. The van der Waals surface area contributed by atoms with Gasteiger partial charge in [-0.3, -0.25) is 9.97 Å². The number of hydrogen-bond donors (Lipinski definition) is 0. The van der Waals surface area contributed by atoms with Crippen LogP contribution in [0.3, 0.4) is 0 Å². The Morgan fingerprint density at radius 2 is 2.18 bits per heavy atom. The fourth-order valence-corrected chi connectivity index (χ4v) is 0.966. The molecule has 54 valence electrons. The fraction of sp³-hybridized carbons (Fsp3) is 0. The molecule has 3 heteroatoms. The first-order valence-corrected chi connectivity index (χ1v) is 3.22. The van der Waals surface area contributed by atoms with E-state index in [0.717, 1.165) is 11.6 Å². The summed E-state index contributed by atoms with van der Waals surface area (Å²) >= 11 is 0. The molecule has 0 atom stereocenters. The zero-order valence-corrected chi connectivity index (χ0v) is 5.66. The maximum absolute atomic E-state index is 12.9. The van der Waals surface area contributed by atoms with Crippen molar-refractivity contribution in [2.75, 3.05) is 0 Å². The predicted molar refractivity (Wildman–Crippen MR) is 39.5 cm³/mol. The maximum Gasteiger partial charge on any atom is 0.167 e. The van der Waals surface area contributed by atoms with E-state index in [1.165, 1.54) is 0 Å². The number of halogens is 1. The van der Waals surface area contributed by atoms with Crippen molar-refractivity contribution in [1.29, 1.82) is 0 Å². The zero-order chi connectivity index (χ0) is 7.68. The highest BCUT2D eigenvalue weighted by atomic mass is 19.1. The smallest absolute Gasteiger partial charge is 0.167 e. The minimum absolute atomic E-state index is 0.372. The minimum Gasteiger partial charge on any atom is -0.261 e. The van der Waals surface area contributed by atoms with E-state index < -0.39 is 0 Å². The largest absolute Gasteiger partial charge is 0.261 e. The summed E-state index contributed by atoms with van der Waals surface area (Å²) in [5.74, 6) is -0.372. The van der Waals surface area contributed by atoms with Crippen LogP contribution >= 0.6 is 0 Å². The summed E-state index contributed by atoms with van der Waals surface area (Å²) in [4.78, 5) is 7.56. The van der Waals surface area contributed by atoms with E-state index in [0.29, 0.717) is 5.52 Å². The highest BCUT2D eigenvalue weighted by Crippen LogP contribution is 2.11. The second-order valence-electron chi connectivity index (χ2n) is 2.20. The molecule has 0 saturated carbocycles. The van der Waals surface area contributed by atoms with Crippen LogP contribution in [0.25, 0.3) is 10.9 Å². The van der Waals surface area contributed by atoms with Crippen molar-refractivity contribution in [2.45, 2.75) is 0 Å². The van der Waals surface area contributed by atoms with Crippen LogP contribution in [0.4, 0.5) is 4.39 Å². The molecule has 0 saturated heterocycles. The van der Waals surface area contributed by atoms with Gasteiger partial charge in [-0.15, -0.1) is 0 Å². The lowest BCUT2D eigenvalue weighted by molar-refractivity contribution is 0.631. The van der Waals surface area contributed by atoms with Crippen molar-refractivity contribution in [2.24, 2.45) is 0 Å². The van der Waals surface area contributed by atoms with Gasteiger partial charge >= 0.3 is 0 Å². The first kappa shape index (κ1) is 6.22. The molecule has 0 amide bonds. The number of pyridine rings is 2. The number of aromatic nitrogens is 2. The summed E-state index contributed by atoms with van der Waals surface area (Å²) in [6.45, 7) is 0. The van der Waals surface area contributed by atoms with Crippen LogP contribution < -0.4 is 0 Å². The standard InChI is InChI=1S/C8H5FN2/c9-7-5-10-4-6-2-1-3-11-8(6)7/h1-5H. The SMILES string of the molecule is Fc1cncc2cccnc12. The van der Waals surface area contributed by atoms with Crippen LogP contribution in [-0.4, -0.2) is 9.97 Å². The Morgan fingerprint density at radius 1 is 1.27 bits per heavy atom. The minimum atomic E-state index is -0.372. The molecule has 11 heavy (non-hydrogen) atoms. The highest BCUT2D eigenvalue weighted by Gasteiger charge is 1.98. The van der Waals surface area contributed by atoms with Crippen molar-refractivity contribution in [3.63, 3.8) is 0 Å². The second-order valence-corrected chi connectivity index (χ2v) is 2.20. The average molecular weight is 148 g/mol. The summed E-state index contributed by atoms with van der Waals surface area (Å²) in [7, 11) is 0. The topological polar surface area (TPSA) is 25.8 Å². The maximum atomic E-state index is 12.9. The lowest BCUT2D eigenvalue weighted by atomic mass is 10.3. The molecule has 2 nitrogen and oxygen atoms in total. The molecular weight excluding hydrogens is 143 g/mol. The molecule has 2 aromatic rings. The lowest BCUT2D eigenvalue weighted by Gasteiger charge is -1.94. The van der Waals surface area contributed by atoms with E-state index in [1.807, 2.05) is 0 Å². The van der Waals surface area contributed by atoms with E-state index in [1.54, 1.807) is 24.5 Å². The number of rotatable bonds is 0. The van der Waals surface area contributed by atoms with Crippen molar-refractivity contribution >= 4 is 10.9 Å². The van der Waals surface area contributed by atoms with Gasteiger partial charge in [0.15, 0.2) is 5.82 Å². The molecule has 2 heterocycles. The summed E-state index contributed by atoms with van der Waals surface area (Å²) in [6, 6.07) is 3.53. The van der Waals surface area contributed by atoms with Gasteiger partial charge in [0.2, 0.25) is 0 Å². The highest BCUT2D eigenvalue weighted by molar-refractivity contribution is 5.77. The van der Waals surface area contributed by atoms with Crippen molar-refractivity contribution in [3.8, 4) is 0 Å². The average Bonchev–Trinajstić information content (AvgIpc) is 2.06. The third-order valence-corrected chi connectivity index (χ3v) is 1.47.